The number of ether oxygens (including phenoxy) is 1. The van der Waals surface area contributed by atoms with Crippen LogP contribution in [0.4, 0.5) is 20.5 Å². The molecule has 1 aliphatic rings. The molecule has 0 atom stereocenters. The third-order valence-corrected chi connectivity index (χ3v) is 3.84. The van der Waals surface area contributed by atoms with Gasteiger partial charge < -0.3 is 10.5 Å². The molecular formula is C14H11ClF2N4O2. The number of hydrogen-bond donors (Lipinski definition) is 1. The van der Waals surface area contributed by atoms with Crippen LogP contribution >= 0.6 is 11.6 Å². The second-order valence-electron chi connectivity index (χ2n) is 4.87. The van der Waals surface area contributed by atoms with Crippen molar-refractivity contribution in [3.05, 3.63) is 40.0 Å². The summed E-state index contributed by atoms with van der Waals surface area (Å²) in [6.45, 7) is -0.354. The Bertz CT molecular complexity index is 816. The van der Waals surface area contributed by atoms with Gasteiger partial charge in [-0.05, 0) is 12.1 Å². The lowest BCUT2D eigenvalue weighted by molar-refractivity contribution is -0.117. The zero-order valence-corrected chi connectivity index (χ0v) is 12.7. The van der Waals surface area contributed by atoms with Crippen LogP contribution in [0.15, 0.2) is 12.1 Å². The highest BCUT2D eigenvalue weighted by atomic mass is 35.5. The van der Waals surface area contributed by atoms with Gasteiger partial charge in [0.2, 0.25) is 11.9 Å². The van der Waals surface area contributed by atoms with Crippen molar-refractivity contribution in [1.82, 2.24) is 9.97 Å². The first-order valence-corrected chi connectivity index (χ1v) is 6.93. The molecule has 0 bridgehead atoms. The Kier molecular flexibility index (Phi) is 3.77. The highest BCUT2D eigenvalue weighted by Crippen LogP contribution is 2.34. The van der Waals surface area contributed by atoms with Gasteiger partial charge in [-0.3, -0.25) is 9.69 Å². The summed E-state index contributed by atoms with van der Waals surface area (Å²) in [5.41, 5.74) is 5.60. The third kappa shape index (κ3) is 2.55. The van der Waals surface area contributed by atoms with Crippen LogP contribution in [-0.2, 0) is 17.8 Å². The second-order valence-corrected chi connectivity index (χ2v) is 5.23. The minimum absolute atomic E-state index is 0.0509. The van der Waals surface area contributed by atoms with Crippen LogP contribution in [0.3, 0.4) is 0 Å². The first kappa shape index (κ1) is 15.4. The smallest absolute Gasteiger partial charge is 0.233 e. The number of hydrogen-bond acceptors (Lipinski definition) is 5. The van der Waals surface area contributed by atoms with Crippen molar-refractivity contribution in [2.24, 2.45) is 0 Å². The van der Waals surface area contributed by atoms with Gasteiger partial charge >= 0.3 is 0 Å². The molecule has 0 radical (unpaired) electrons. The molecule has 1 aromatic heterocycles. The maximum Gasteiger partial charge on any atom is 0.233 e. The molecule has 0 saturated heterocycles. The lowest BCUT2D eigenvalue weighted by atomic mass is 10.1. The number of carbonyl (C=O) groups excluding carboxylic acids is 1. The van der Waals surface area contributed by atoms with Gasteiger partial charge in [0, 0.05) is 11.1 Å². The van der Waals surface area contributed by atoms with Gasteiger partial charge in [-0.15, -0.1) is 0 Å². The summed E-state index contributed by atoms with van der Waals surface area (Å²) in [6, 6.07) is 2.24. The number of nitrogens with zero attached hydrogens (tertiary/aromatic N) is 3. The topological polar surface area (TPSA) is 81.3 Å². The summed E-state index contributed by atoms with van der Waals surface area (Å²) in [7, 11) is 1.27. The highest BCUT2D eigenvalue weighted by molar-refractivity contribution is 6.31. The fourth-order valence-corrected chi connectivity index (χ4v) is 2.64. The molecule has 2 N–H and O–H groups in total. The predicted octanol–water partition coefficient (Wildman–Crippen LogP) is 2.09. The third-order valence-electron chi connectivity index (χ3n) is 3.52. The van der Waals surface area contributed by atoms with E-state index in [0.717, 1.165) is 11.0 Å². The summed E-state index contributed by atoms with van der Waals surface area (Å²) >= 11 is 5.94. The number of methoxy groups -OCH3 is 1. The molecule has 0 fully saturated rings. The zero-order chi connectivity index (χ0) is 16.7. The molecule has 1 amide bonds. The summed E-state index contributed by atoms with van der Waals surface area (Å²) < 4.78 is 33.1. The van der Waals surface area contributed by atoms with Gasteiger partial charge in [0.15, 0.2) is 11.6 Å². The normalized spacial score (nSPS) is 13.4. The number of amides is 1. The van der Waals surface area contributed by atoms with Crippen LogP contribution in [0.2, 0.25) is 5.15 Å². The van der Waals surface area contributed by atoms with Crippen LogP contribution in [0, 0.1) is 11.6 Å². The Morgan fingerprint density at radius 3 is 2.83 bits per heavy atom. The number of anilines is 2. The van der Waals surface area contributed by atoms with Gasteiger partial charge in [0.1, 0.15) is 16.8 Å². The van der Waals surface area contributed by atoms with Crippen molar-refractivity contribution in [2.75, 3.05) is 17.7 Å². The van der Waals surface area contributed by atoms with E-state index in [1.54, 1.807) is 0 Å². The zero-order valence-electron chi connectivity index (χ0n) is 11.9. The minimum atomic E-state index is -0.873. The van der Waals surface area contributed by atoms with Gasteiger partial charge in [-0.25, -0.2) is 13.8 Å². The molecule has 0 unspecified atom stereocenters. The molecule has 23 heavy (non-hydrogen) atoms. The van der Waals surface area contributed by atoms with Crippen LogP contribution in [0.25, 0.3) is 0 Å². The SMILES string of the molecule is COc1ccc(F)c(CN2C(=O)Cc3c(Cl)nc(N)nc32)c1F. The van der Waals surface area contributed by atoms with E-state index in [2.05, 4.69) is 9.97 Å². The second kappa shape index (κ2) is 5.62. The standard InChI is InChI=1S/C14H11ClF2N4O2/c1-23-9-3-2-8(16)7(11(9)17)5-21-10(22)4-6-12(15)19-14(18)20-13(6)21/h2-3H,4-5H2,1H3,(H2,18,19,20). The quantitative estimate of drug-likeness (QED) is 0.865. The molecule has 3 rings (SSSR count). The lowest BCUT2D eigenvalue weighted by Crippen LogP contribution is -2.28. The Morgan fingerprint density at radius 1 is 1.39 bits per heavy atom. The molecule has 0 aliphatic carbocycles. The fourth-order valence-electron chi connectivity index (χ4n) is 2.40. The summed E-state index contributed by atoms with van der Waals surface area (Å²) in [4.78, 5) is 21.0. The Hall–Kier alpha value is -2.48. The largest absolute Gasteiger partial charge is 0.494 e. The molecule has 0 spiro atoms. The lowest BCUT2D eigenvalue weighted by Gasteiger charge is -2.18. The summed E-state index contributed by atoms with van der Waals surface area (Å²) in [5, 5.41) is 0.0509. The summed E-state index contributed by atoms with van der Waals surface area (Å²) in [6.07, 6.45) is -0.0539. The van der Waals surface area contributed by atoms with Crippen molar-refractivity contribution < 1.29 is 18.3 Å². The van der Waals surface area contributed by atoms with Gasteiger partial charge in [0.05, 0.1) is 20.1 Å². The van der Waals surface area contributed by atoms with E-state index in [-0.39, 0.29) is 41.2 Å². The van der Waals surface area contributed by atoms with Crippen molar-refractivity contribution in [3.8, 4) is 5.75 Å². The molecule has 9 heteroatoms. The van der Waals surface area contributed by atoms with Gasteiger partial charge in [0.25, 0.3) is 0 Å². The van der Waals surface area contributed by atoms with Crippen LogP contribution in [-0.4, -0.2) is 23.0 Å². The molecular weight excluding hydrogens is 330 g/mol. The van der Waals surface area contributed by atoms with Crippen LogP contribution < -0.4 is 15.4 Å². The Labute approximate surface area is 134 Å². The Morgan fingerprint density at radius 2 is 2.13 bits per heavy atom. The molecule has 6 nitrogen and oxygen atoms in total. The average Bonchev–Trinajstić information content (AvgIpc) is 2.80. The molecule has 0 saturated carbocycles. The van der Waals surface area contributed by atoms with Crippen molar-refractivity contribution in [3.63, 3.8) is 0 Å². The number of rotatable bonds is 3. The fraction of sp³-hybridized carbons (Fsp3) is 0.214. The number of aromatic nitrogens is 2. The van der Waals surface area contributed by atoms with Crippen LogP contribution in [0.5, 0.6) is 5.75 Å². The molecule has 120 valence electrons. The van der Waals surface area contributed by atoms with E-state index in [4.69, 9.17) is 22.1 Å². The number of nitrogens with two attached hydrogens (primary N) is 1. The van der Waals surface area contributed by atoms with Gasteiger partial charge in [-0.1, -0.05) is 11.6 Å². The van der Waals surface area contributed by atoms with Crippen LogP contribution in [0.1, 0.15) is 11.1 Å². The van der Waals surface area contributed by atoms with E-state index >= 15 is 0 Å². The van der Waals surface area contributed by atoms with E-state index in [1.807, 2.05) is 0 Å². The number of halogens is 3. The molecule has 1 aromatic carbocycles. The first-order chi connectivity index (χ1) is 10.9. The predicted molar refractivity (Wildman–Crippen MR) is 79.3 cm³/mol. The highest BCUT2D eigenvalue weighted by Gasteiger charge is 2.33. The minimum Gasteiger partial charge on any atom is -0.494 e. The van der Waals surface area contributed by atoms with E-state index in [9.17, 15) is 13.6 Å². The molecule has 1 aliphatic heterocycles. The van der Waals surface area contributed by atoms with Gasteiger partial charge in [-0.2, -0.15) is 4.98 Å². The number of nitrogen functional groups attached to an aromatic ring is 1. The van der Waals surface area contributed by atoms with Crippen molar-refractivity contribution in [2.45, 2.75) is 13.0 Å². The monoisotopic (exact) mass is 340 g/mol. The Balaban J connectivity index is 2.05. The maximum atomic E-state index is 14.3. The first-order valence-electron chi connectivity index (χ1n) is 6.55. The van der Waals surface area contributed by atoms with E-state index < -0.39 is 17.5 Å². The number of carbonyl (C=O) groups is 1. The van der Waals surface area contributed by atoms with E-state index in [1.165, 1.54) is 13.2 Å². The maximum absolute atomic E-state index is 14.3. The number of benzene rings is 1. The number of fused-ring (bicyclic) bond motifs is 1. The summed E-state index contributed by atoms with van der Waals surface area (Å²) in [5.74, 6) is -2.15. The molecule has 2 heterocycles. The van der Waals surface area contributed by atoms with Crippen molar-refractivity contribution >= 4 is 29.3 Å². The molecule has 2 aromatic rings. The van der Waals surface area contributed by atoms with Crippen molar-refractivity contribution in [1.29, 1.82) is 0 Å². The average molecular weight is 341 g/mol. The van der Waals surface area contributed by atoms with E-state index in [0.29, 0.717) is 5.56 Å².